The minimum absolute atomic E-state index is 0.120. The molecule has 1 aliphatic rings. The lowest BCUT2D eigenvalue weighted by molar-refractivity contribution is -0.0988. The molecule has 1 N–H and O–H groups in total. The van der Waals surface area contributed by atoms with Gasteiger partial charge in [-0.15, -0.1) is 0 Å². The predicted octanol–water partition coefficient (Wildman–Crippen LogP) is 1.48. The van der Waals surface area contributed by atoms with Crippen molar-refractivity contribution < 1.29 is 9.47 Å². The van der Waals surface area contributed by atoms with Crippen LogP contribution in [0.2, 0.25) is 0 Å². The number of thioether (sulfide) groups is 1. The minimum Gasteiger partial charge on any atom is -0.355 e. The molecule has 0 aromatic heterocycles. The fraction of sp³-hybridized carbons (Fsp3) is 1.00. The Morgan fingerprint density at radius 3 is 2.64 bits per heavy atom. The summed E-state index contributed by atoms with van der Waals surface area (Å²) in [6.07, 6.45) is 2.54. The van der Waals surface area contributed by atoms with Crippen LogP contribution in [0.1, 0.15) is 19.8 Å². The maximum Gasteiger partial charge on any atom is 0.169 e. The molecule has 1 saturated heterocycles. The van der Waals surface area contributed by atoms with E-state index in [9.17, 15) is 0 Å². The van der Waals surface area contributed by atoms with Crippen LogP contribution in [0.25, 0.3) is 0 Å². The molecule has 0 radical (unpaired) electrons. The zero-order valence-corrected chi connectivity index (χ0v) is 10.2. The van der Waals surface area contributed by atoms with Crippen molar-refractivity contribution in [1.29, 1.82) is 0 Å². The SMILES string of the molecule is COC(CNCC1(C)CCCS1)OC. The van der Waals surface area contributed by atoms with Crippen LogP contribution in [0.3, 0.4) is 0 Å². The molecule has 0 saturated carbocycles. The van der Waals surface area contributed by atoms with Crippen molar-refractivity contribution in [1.82, 2.24) is 5.32 Å². The minimum atomic E-state index is -0.120. The lowest BCUT2D eigenvalue weighted by Gasteiger charge is -2.24. The molecule has 0 spiro atoms. The lowest BCUT2D eigenvalue weighted by atomic mass is 10.1. The summed E-state index contributed by atoms with van der Waals surface area (Å²) in [5, 5.41) is 3.40. The van der Waals surface area contributed by atoms with Crippen molar-refractivity contribution in [2.75, 3.05) is 33.1 Å². The molecule has 1 atom stereocenters. The zero-order chi connectivity index (χ0) is 10.4. The molecule has 3 nitrogen and oxygen atoms in total. The van der Waals surface area contributed by atoms with Crippen molar-refractivity contribution in [3.63, 3.8) is 0 Å². The Hall–Kier alpha value is 0.230. The number of hydrogen-bond donors (Lipinski definition) is 1. The molecule has 1 heterocycles. The molecule has 84 valence electrons. The lowest BCUT2D eigenvalue weighted by Crippen LogP contribution is -2.38. The summed E-state index contributed by atoms with van der Waals surface area (Å²) in [7, 11) is 3.34. The molecule has 14 heavy (non-hydrogen) atoms. The van der Waals surface area contributed by atoms with Crippen LogP contribution >= 0.6 is 11.8 Å². The highest BCUT2D eigenvalue weighted by Gasteiger charge is 2.28. The number of nitrogens with one attached hydrogen (secondary N) is 1. The molecule has 1 unspecified atom stereocenters. The monoisotopic (exact) mass is 219 g/mol. The van der Waals surface area contributed by atoms with Crippen LogP contribution < -0.4 is 5.32 Å². The Labute approximate surface area is 90.9 Å². The average molecular weight is 219 g/mol. The third-order valence-electron chi connectivity index (χ3n) is 2.64. The predicted molar refractivity (Wildman–Crippen MR) is 60.8 cm³/mol. The first-order valence-electron chi connectivity index (χ1n) is 5.10. The summed E-state index contributed by atoms with van der Waals surface area (Å²) in [6, 6.07) is 0. The van der Waals surface area contributed by atoms with E-state index in [0.717, 1.165) is 13.1 Å². The molecule has 0 amide bonds. The van der Waals surface area contributed by atoms with E-state index in [1.54, 1.807) is 14.2 Å². The van der Waals surface area contributed by atoms with Crippen molar-refractivity contribution in [3.8, 4) is 0 Å². The van der Waals surface area contributed by atoms with Gasteiger partial charge in [0.05, 0.1) is 0 Å². The van der Waals surface area contributed by atoms with Gasteiger partial charge >= 0.3 is 0 Å². The van der Waals surface area contributed by atoms with Crippen LogP contribution in [0.5, 0.6) is 0 Å². The highest BCUT2D eigenvalue weighted by molar-refractivity contribution is 8.00. The van der Waals surface area contributed by atoms with E-state index in [2.05, 4.69) is 24.0 Å². The summed E-state index contributed by atoms with van der Waals surface area (Å²) in [4.78, 5) is 0. The van der Waals surface area contributed by atoms with Crippen molar-refractivity contribution in [3.05, 3.63) is 0 Å². The Morgan fingerprint density at radius 1 is 1.43 bits per heavy atom. The average Bonchev–Trinajstić information content (AvgIpc) is 2.60. The first-order chi connectivity index (χ1) is 6.70. The Balaban J connectivity index is 2.13. The van der Waals surface area contributed by atoms with Crippen LogP contribution in [0.4, 0.5) is 0 Å². The van der Waals surface area contributed by atoms with E-state index >= 15 is 0 Å². The van der Waals surface area contributed by atoms with Gasteiger partial charge in [0.15, 0.2) is 6.29 Å². The second kappa shape index (κ2) is 5.95. The summed E-state index contributed by atoms with van der Waals surface area (Å²) >= 11 is 2.07. The maximum absolute atomic E-state index is 5.11. The fourth-order valence-electron chi connectivity index (χ4n) is 1.69. The third-order valence-corrected chi connectivity index (χ3v) is 4.17. The standard InChI is InChI=1S/C10H21NO2S/c1-10(5-4-6-14-10)8-11-7-9(12-2)13-3/h9,11H,4-8H2,1-3H3. The highest BCUT2D eigenvalue weighted by atomic mass is 32.2. The van der Waals surface area contributed by atoms with Crippen molar-refractivity contribution in [2.45, 2.75) is 30.8 Å². The Morgan fingerprint density at radius 2 is 2.14 bits per heavy atom. The quantitative estimate of drug-likeness (QED) is 0.686. The van der Waals surface area contributed by atoms with Gasteiger partial charge in [0.1, 0.15) is 0 Å². The second-order valence-corrected chi connectivity index (χ2v) is 5.62. The number of ether oxygens (including phenoxy) is 2. The smallest absolute Gasteiger partial charge is 0.169 e. The summed E-state index contributed by atoms with van der Waals surface area (Å²) < 4.78 is 10.6. The van der Waals surface area contributed by atoms with Crippen molar-refractivity contribution in [2.24, 2.45) is 0 Å². The van der Waals surface area contributed by atoms with Crippen LogP contribution in [-0.2, 0) is 9.47 Å². The number of rotatable bonds is 6. The van der Waals surface area contributed by atoms with Crippen LogP contribution in [0.15, 0.2) is 0 Å². The summed E-state index contributed by atoms with van der Waals surface area (Å²) in [6.45, 7) is 4.14. The first-order valence-corrected chi connectivity index (χ1v) is 6.09. The second-order valence-electron chi connectivity index (χ2n) is 3.93. The zero-order valence-electron chi connectivity index (χ0n) is 9.34. The van der Waals surface area contributed by atoms with E-state index in [1.807, 2.05) is 0 Å². The van der Waals surface area contributed by atoms with Crippen LogP contribution in [0, 0.1) is 0 Å². The Bertz CT molecular complexity index is 156. The molecular formula is C10H21NO2S. The molecule has 0 aliphatic carbocycles. The third kappa shape index (κ3) is 3.77. The summed E-state index contributed by atoms with van der Waals surface area (Å²) in [5.41, 5.74) is 0. The number of hydrogen-bond acceptors (Lipinski definition) is 4. The molecule has 0 aromatic carbocycles. The molecule has 1 fully saturated rings. The van der Waals surface area contributed by atoms with Crippen LogP contribution in [-0.4, -0.2) is 44.1 Å². The van der Waals surface area contributed by atoms with Gasteiger partial charge in [0.25, 0.3) is 0 Å². The number of methoxy groups -OCH3 is 2. The largest absolute Gasteiger partial charge is 0.355 e. The summed E-state index contributed by atoms with van der Waals surface area (Å²) in [5.74, 6) is 1.30. The van der Waals surface area contributed by atoms with E-state index in [1.165, 1.54) is 18.6 Å². The first kappa shape index (κ1) is 12.3. The van der Waals surface area contributed by atoms with Gasteiger partial charge in [0, 0.05) is 32.1 Å². The molecule has 0 bridgehead atoms. The fourth-order valence-corrected chi connectivity index (χ4v) is 2.97. The Kier molecular flexibility index (Phi) is 5.23. The molecule has 1 aliphatic heterocycles. The van der Waals surface area contributed by atoms with Crippen molar-refractivity contribution >= 4 is 11.8 Å². The normalized spacial score (nSPS) is 27.4. The van der Waals surface area contributed by atoms with Gasteiger partial charge in [-0.25, -0.2) is 0 Å². The van der Waals surface area contributed by atoms with Gasteiger partial charge in [-0.3, -0.25) is 0 Å². The van der Waals surface area contributed by atoms with Gasteiger partial charge in [-0.2, -0.15) is 11.8 Å². The van der Waals surface area contributed by atoms with Gasteiger partial charge < -0.3 is 14.8 Å². The molecule has 0 aromatic rings. The van der Waals surface area contributed by atoms with E-state index in [0.29, 0.717) is 4.75 Å². The van der Waals surface area contributed by atoms with Gasteiger partial charge in [-0.05, 0) is 25.5 Å². The molecular weight excluding hydrogens is 198 g/mol. The topological polar surface area (TPSA) is 30.5 Å². The maximum atomic E-state index is 5.11. The van der Waals surface area contributed by atoms with E-state index in [-0.39, 0.29) is 6.29 Å². The van der Waals surface area contributed by atoms with E-state index in [4.69, 9.17) is 9.47 Å². The molecule has 1 rings (SSSR count). The highest BCUT2D eigenvalue weighted by Crippen LogP contribution is 2.36. The van der Waals surface area contributed by atoms with Gasteiger partial charge in [-0.1, -0.05) is 0 Å². The van der Waals surface area contributed by atoms with E-state index < -0.39 is 0 Å². The molecule has 4 heteroatoms. The van der Waals surface area contributed by atoms with Gasteiger partial charge in [0.2, 0.25) is 0 Å².